The van der Waals surface area contributed by atoms with Gasteiger partial charge in [-0.15, -0.1) is 0 Å². The maximum atomic E-state index is 12.2. The minimum atomic E-state index is 0.115. The Morgan fingerprint density at radius 2 is 2.00 bits per heavy atom. The molecule has 1 aromatic heterocycles. The number of pyridine rings is 1. The summed E-state index contributed by atoms with van der Waals surface area (Å²) in [7, 11) is 1.57. The predicted octanol–water partition coefficient (Wildman–Crippen LogP) is 3.13. The van der Waals surface area contributed by atoms with Crippen LogP contribution < -0.4 is 4.74 Å². The van der Waals surface area contributed by atoms with E-state index in [-0.39, 0.29) is 5.78 Å². The zero-order chi connectivity index (χ0) is 13.8. The summed E-state index contributed by atoms with van der Waals surface area (Å²) in [5, 5.41) is 0. The van der Waals surface area contributed by atoms with Crippen molar-refractivity contribution in [2.75, 3.05) is 7.11 Å². The Kier molecular flexibility index (Phi) is 3.95. The van der Waals surface area contributed by atoms with E-state index in [0.29, 0.717) is 12.3 Å². The van der Waals surface area contributed by atoms with Crippen LogP contribution in [0.4, 0.5) is 0 Å². The fraction of sp³-hybridized carbons (Fsp3) is 0.250. The quantitative estimate of drug-likeness (QED) is 0.788. The summed E-state index contributed by atoms with van der Waals surface area (Å²) in [5.41, 5.74) is 3.86. The molecule has 2 rings (SSSR count). The summed E-state index contributed by atoms with van der Waals surface area (Å²) in [6.07, 6.45) is 2.04. The summed E-state index contributed by atoms with van der Waals surface area (Å²) in [4.78, 5) is 16.3. The van der Waals surface area contributed by atoms with E-state index in [0.717, 1.165) is 16.7 Å². The SMILES string of the molecule is COc1ccc(CC(=O)c2ccc(C)cc2C)cn1. The van der Waals surface area contributed by atoms with Crippen molar-refractivity contribution < 1.29 is 9.53 Å². The van der Waals surface area contributed by atoms with Gasteiger partial charge in [0, 0.05) is 24.2 Å². The number of hydrogen-bond acceptors (Lipinski definition) is 3. The fourth-order valence-corrected chi connectivity index (χ4v) is 2.04. The van der Waals surface area contributed by atoms with E-state index in [2.05, 4.69) is 4.98 Å². The zero-order valence-corrected chi connectivity index (χ0v) is 11.4. The first kappa shape index (κ1) is 13.3. The summed E-state index contributed by atoms with van der Waals surface area (Å²) in [6.45, 7) is 3.99. The average Bonchev–Trinajstić information content (AvgIpc) is 2.39. The number of hydrogen-bond donors (Lipinski definition) is 0. The molecular weight excluding hydrogens is 238 g/mol. The van der Waals surface area contributed by atoms with Gasteiger partial charge in [-0.2, -0.15) is 0 Å². The van der Waals surface area contributed by atoms with E-state index < -0.39 is 0 Å². The second-order valence-corrected chi connectivity index (χ2v) is 4.63. The molecule has 0 radical (unpaired) electrons. The van der Waals surface area contributed by atoms with Crippen LogP contribution in [0.2, 0.25) is 0 Å². The van der Waals surface area contributed by atoms with Crippen LogP contribution >= 0.6 is 0 Å². The van der Waals surface area contributed by atoms with Crippen LogP contribution in [0, 0.1) is 13.8 Å². The molecule has 0 aliphatic heterocycles. The molecule has 0 saturated carbocycles. The van der Waals surface area contributed by atoms with E-state index >= 15 is 0 Å². The number of ketones is 1. The number of aryl methyl sites for hydroxylation is 2. The maximum absolute atomic E-state index is 12.2. The summed E-state index contributed by atoms with van der Waals surface area (Å²) >= 11 is 0. The van der Waals surface area contributed by atoms with Crippen LogP contribution in [-0.4, -0.2) is 17.9 Å². The molecule has 1 heterocycles. The summed E-state index contributed by atoms with van der Waals surface area (Å²) < 4.78 is 5.00. The van der Waals surface area contributed by atoms with E-state index in [9.17, 15) is 4.79 Å². The first-order valence-corrected chi connectivity index (χ1v) is 6.19. The molecule has 0 atom stereocenters. The van der Waals surface area contributed by atoms with Crippen molar-refractivity contribution in [3.63, 3.8) is 0 Å². The van der Waals surface area contributed by atoms with E-state index in [1.54, 1.807) is 19.4 Å². The highest BCUT2D eigenvalue weighted by atomic mass is 16.5. The number of nitrogens with zero attached hydrogens (tertiary/aromatic N) is 1. The minimum Gasteiger partial charge on any atom is -0.481 e. The second kappa shape index (κ2) is 5.65. The van der Waals surface area contributed by atoms with Gasteiger partial charge in [-0.25, -0.2) is 4.98 Å². The second-order valence-electron chi connectivity index (χ2n) is 4.63. The van der Waals surface area contributed by atoms with Gasteiger partial charge in [-0.05, 0) is 25.0 Å². The summed E-state index contributed by atoms with van der Waals surface area (Å²) in [6, 6.07) is 9.52. The van der Waals surface area contributed by atoms with Crippen molar-refractivity contribution in [1.29, 1.82) is 0 Å². The van der Waals surface area contributed by atoms with Gasteiger partial charge in [0.05, 0.1) is 7.11 Å². The molecular formula is C16H17NO2. The van der Waals surface area contributed by atoms with Crippen LogP contribution in [0.25, 0.3) is 0 Å². The Morgan fingerprint density at radius 1 is 1.21 bits per heavy atom. The van der Waals surface area contributed by atoms with Crippen molar-refractivity contribution in [1.82, 2.24) is 4.98 Å². The van der Waals surface area contributed by atoms with Crippen molar-refractivity contribution >= 4 is 5.78 Å². The molecule has 19 heavy (non-hydrogen) atoms. The largest absolute Gasteiger partial charge is 0.481 e. The molecule has 0 spiro atoms. The van der Waals surface area contributed by atoms with Crippen molar-refractivity contribution in [3.05, 3.63) is 58.8 Å². The van der Waals surface area contributed by atoms with Crippen molar-refractivity contribution in [3.8, 4) is 5.88 Å². The average molecular weight is 255 g/mol. The molecule has 3 heteroatoms. The zero-order valence-electron chi connectivity index (χ0n) is 11.4. The van der Waals surface area contributed by atoms with Gasteiger partial charge in [-0.1, -0.05) is 29.8 Å². The lowest BCUT2D eigenvalue weighted by Crippen LogP contribution is -2.06. The Morgan fingerprint density at radius 3 is 2.58 bits per heavy atom. The lowest BCUT2D eigenvalue weighted by molar-refractivity contribution is 0.0992. The monoisotopic (exact) mass is 255 g/mol. The minimum absolute atomic E-state index is 0.115. The van der Waals surface area contributed by atoms with Crippen LogP contribution in [0.5, 0.6) is 5.88 Å². The number of benzene rings is 1. The lowest BCUT2D eigenvalue weighted by Gasteiger charge is -2.06. The van der Waals surface area contributed by atoms with Crippen molar-refractivity contribution in [2.45, 2.75) is 20.3 Å². The van der Waals surface area contributed by atoms with Crippen LogP contribution in [0.1, 0.15) is 27.0 Å². The summed E-state index contributed by atoms with van der Waals surface area (Å²) in [5.74, 6) is 0.673. The van der Waals surface area contributed by atoms with Gasteiger partial charge in [0.1, 0.15) is 0 Å². The van der Waals surface area contributed by atoms with Gasteiger partial charge in [-0.3, -0.25) is 4.79 Å². The third-order valence-corrected chi connectivity index (χ3v) is 3.05. The van der Waals surface area contributed by atoms with E-state index in [1.165, 1.54) is 5.56 Å². The molecule has 0 aliphatic carbocycles. The molecule has 0 saturated heterocycles. The Balaban J connectivity index is 2.15. The van der Waals surface area contributed by atoms with Gasteiger partial charge < -0.3 is 4.74 Å². The third kappa shape index (κ3) is 3.19. The standard InChI is InChI=1S/C16H17NO2/c1-11-4-6-14(12(2)8-11)15(18)9-13-5-7-16(19-3)17-10-13/h4-8,10H,9H2,1-3H3. The van der Waals surface area contributed by atoms with Gasteiger partial charge >= 0.3 is 0 Å². The number of aromatic nitrogens is 1. The number of Topliss-reactive ketones (excluding diaryl/α,β-unsaturated/α-hetero) is 1. The van der Waals surface area contributed by atoms with Crippen LogP contribution in [0.15, 0.2) is 36.5 Å². The number of methoxy groups -OCH3 is 1. The molecule has 1 aromatic carbocycles. The molecule has 0 fully saturated rings. The van der Waals surface area contributed by atoms with Crippen LogP contribution in [0.3, 0.4) is 0 Å². The molecule has 0 aliphatic rings. The Hall–Kier alpha value is -2.16. The molecule has 2 aromatic rings. The third-order valence-electron chi connectivity index (χ3n) is 3.05. The highest BCUT2D eigenvalue weighted by Crippen LogP contribution is 2.14. The van der Waals surface area contributed by atoms with Crippen LogP contribution in [-0.2, 0) is 6.42 Å². The number of carbonyl (C=O) groups is 1. The topological polar surface area (TPSA) is 39.2 Å². The first-order chi connectivity index (χ1) is 9.10. The molecule has 0 N–H and O–H groups in total. The lowest BCUT2D eigenvalue weighted by atomic mass is 9.98. The first-order valence-electron chi connectivity index (χ1n) is 6.19. The van der Waals surface area contributed by atoms with E-state index in [4.69, 9.17) is 4.74 Å². The predicted molar refractivity (Wildman–Crippen MR) is 74.7 cm³/mol. The fourth-order valence-electron chi connectivity index (χ4n) is 2.04. The number of rotatable bonds is 4. The molecule has 98 valence electrons. The molecule has 0 unspecified atom stereocenters. The van der Waals surface area contributed by atoms with Gasteiger partial charge in [0.2, 0.25) is 5.88 Å². The molecule has 0 bridgehead atoms. The highest BCUT2D eigenvalue weighted by molar-refractivity contribution is 5.98. The normalized spacial score (nSPS) is 10.3. The number of ether oxygens (including phenoxy) is 1. The number of carbonyl (C=O) groups excluding carboxylic acids is 1. The smallest absolute Gasteiger partial charge is 0.212 e. The Labute approximate surface area is 113 Å². The van der Waals surface area contributed by atoms with Crippen molar-refractivity contribution in [2.24, 2.45) is 0 Å². The Bertz CT molecular complexity index is 588. The van der Waals surface area contributed by atoms with Gasteiger partial charge in [0.25, 0.3) is 0 Å². The highest BCUT2D eigenvalue weighted by Gasteiger charge is 2.10. The molecule has 3 nitrogen and oxygen atoms in total. The van der Waals surface area contributed by atoms with E-state index in [1.807, 2.05) is 38.1 Å². The van der Waals surface area contributed by atoms with Gasteiger partial charge in [0.15, 0.2) is 5.78 Å². The maximum Gasteiger partial charge on any atom is 0.212 e. The molecule has 0 amide bonds.